The zero-order valence-corrected chi connectivity index (χ0v) is 14.8. The molecule has 0 aliphatic heterocycles. The molecule has 2 amide bonds. The van der Waals surface area contributed by atoms with Gasteiger partial charge < -0.3 is 15.1 Å². The molecule has 1 rings (SSSR count). The highest BCUT2D eigenvalue weighted by molar-refractivity contribution is 5.99. The third kappa shape index (κ3) is 5.67. The topological polar surface area (TPSA) is 52.7 Å². The summed E-state index contributed by atoms with van der Waals surface area (Å²) in [5, 5.41) is 3.02. The van der Waals surface area contributed by atoms with E-state index in [1.165, 1.54) is 0 Å². The molecule has 1 aromatic carbocycles. The average molecular weight is 319 g/mol. The maximum Gasteiger partial charge on any atom is 0.253 e. The van der Waals surface area contributed by atoms with Crippen molar-refractivity contribution < 1.29 is 9.59 Å². The number of likely N-dealkylation sites (N-methyl/N-ethyl adjacent to an activating group) is 2. The number of nitrogens with zero attached hydrogens (tertiary/aromatic N) is 2. The summed E-state index contributed by atoms with van der Waals surface area (Å²) in [6, 6.07) is 7.03. The first-order chi connectivity index (χ1) is 11.0. The van der Waals surface area contributed by atoms with Gasteiger partial charge >= 0.3 is 0 Å². The van der Waals surface area contributed by atoms with Gasteiger partial charge in [0.25, 0.3) is 11.8 Å². The quantitative estimate of drug-likeness (QED) is 0.759. The monoisotopic (exact) mass is 319 g/mol. The molecule has 0 fully saturated rings. The predicted molar refractivity (Wildman–Crippen MR) is 93.8 cm³/mol. The standard InChI is InChI=1S/C18H29N3O2/c1-5-11-21(12-6-2)18(23)16-9-7-8-15(14-16)17(22)20(4)13-10-19-3/h7-9,14,19H,5-6,10-13H2,1-4H3. The number of nitrogens with one attached hydrogen (secondary N) is 1. The van der Waals surface area contributed by atoms with Crippen molar-refractivity contribution in [1.29, 1.82) is 0 Å². The first-order valence-electron chi connectivity index (χ1n) is 8.34. The molecule has 128 valence electrons. The molecule has 1 aromatic rings. The lowest BCUT2D eigenvalue weighted by molar-refractivity contribution is 0.0755. The van der Waals surface area contributed by atoms with Crippen molar-refractivity contribution in [2.24, 2.45) is 0 Å². The number of carbonyl (C=O) groups is 2. The summed E-state index contributed by atoms with van der Waals surface area (Å²) >= 11 is 0. The van der Waals surface area contributed by atoms with Gasteiger partial charge in [0.05, 0.1) is 0 Å². The van der Waals surface area contributed by atoms with Crippen LogP contribution in [0.1, 0.15) is 47.4 Å². The predicted octanol–water partition coefficient (Wildman–Crippen LogP) is 2.24. The molecule has 0 heterocycles. The van der Waals surface area contributed by atoms with Gasteiger partial charge in [0.15, 0.2) is 0 Å². The van der Waals surface area contributed by atoms with Crippen LogP contribution in [0.5, 0.6) is 0 Å². The van der Waals surface area contributed by atoms with Gasteiger partial charge in [0, 0.05) is 44.4 Å². The van der Waals surface area contributed by atoms with E-state index in [2.05, 4.69) is 19.2 Å². The fourth-order valence-electron chi connectivity index (χ4n) is 2.42. The SMILES string of the molecule is CCCN(CCC)C(=O)c1cccc(C(=O)N(C)CCNC)c1. The lowest BCUT2D eigenvalue weighted by atomic mass is 10.1. The lowest BCUT2D eigenvalue weighted by Gasteiger charge is -2.22. The molecule has 0 bridgehead atoms. The van der Waals surface area contributed by atoms with Crippen molar-refractivity contribution in [1.82, 2.24) is 15.1 Å². The number of rotatable bonds is 9. The first-order valence-corrected chi connectivity index (χ1v) is 8.34. The summed E-state index contributed by atoms with van der Waals surface area (Å²) in [7, 11) is 3.63. The molecule has 0 aliphatic carbocycles. The van der Waals surface area contributed by atoms with E-state index in [1.54, 1.807) is 36.2 Å². The van der Waals surface area contributed by atoms with Gasteiger partial charge in [-0.3, -0.25) is 9.59 Å². The van der Waals surface area contributed by atoms with Gasteiger partial charge in [-0.15, -0.1) is 0 Å². The van der Waals surface area contributed by atoms with Crippen LogP contribution in [0.3, 0.4) is 0 Å². The maximum atomic E-state index is 12.6. The van der Waals surface area contributed by atoms with Crippen LogP contribution in [0, 0.1) is 0 Å². The Hall–Kier alpha value is -1.88. The molecule has 0 spiro atoms. The zero-order valence-electron chi connectivity index (χ0n) is 14.8. The van der Waals surface area contributed by atoms with Crippen LogP contribution < -0.4 is 5.32 Å². The molecular formula is C18H29N3O2. The van der Waals surface area contributed by atoms with Gasteiger partial charge in [0.1, 0.15) is 0 Å². The van der Waals surface area contributed by atoms with Crippen LogP contribution in [0.2, 0.25) is 0 Å². The Kier molecular flexibility index (Phi) is 8.33. The highest BCUT2D eigenvalue weighted by atomic mass is 16.2. The summed E-state index contributed by atoms with van der Waals surface area (Å²) < 4.78 is 0. The number of hydrogen-bond donors (Lipinski definition) is 1. The molecule has 5 heteroatoms. The van der Waals surface area contributed by atoms with Crippen molar-refractivity contribution in [3.05, 3.63) is 35.4 Å². The largest absolute Gasteiger partial charge is 0.340 e. The van der Waals surface area contributed by atoms with E-state index in [-0.39, 0.29) is 11.8 Å². The summed E-state index contributed by atoms with van der Waals surface area (Å²) in [5.74, 6) is -0.0614. The second-order valence-corrected chi connectivity index (χ2v) is 5.70. The van der Waals surface area contributed by atoms with Crippen LogP contribution in [0.25, 0.3) is 0 Å². The summed E-state index contributed by atoms with van der Waals surface area (Å²) in [5.41, 5.74) is 1.14. The van der Waals surface area contributed by atoms with Gasteiger partial charge in [-0.25, -0.2) is 0 Å². The smallest absolute Gasteiger partial charge is 0.253 e. The van der Waals surface area contributed by atoms with E-state index in [0.717, 1.165) is 32.5 Å². The van der Waals surface area contributed by atoms with Crippen molar-refractivity contribution >= 4 is 11.8 Å². The van der Waals surface area contributed by atoms with Crippen molar-refractivity contribution in [2.75, 3.05) is 40.3 Å². The Balaban J connectivity index is 2.90. The Morgan fingerprint density at radius 3 is 2.09 bits per heavy atom. The van der Waals surface area contributed by atoms with Gasteiger partial charge in [0.2, 0.25) is 0 Å². The Morgan fingerprint density at radius 1 is 1.00 bits per heavy atom. The first kappa shape index (κ1) is 19.2. The molecule has 0 aliphatic rings. The maximum absolute atomic E-state index is 12.6. The van der Waals surface area contributed by atoms with E-state index in [1.807, 2.05) is 11.9 Å². The molecule has 23 heavy (non-hydrogen) atoms. The number of benzene rings is 1. The summed E-state index contributed by atoms with van der Waals surface area (Å²) in [4.78, 5) is 28.6. The zero-order chi connectivity index (χ0) is 17.2. The molecule has 0 atom stereocenters. The molecular weight excluding hydrogens is 290 g/mol. The fourth-order valence-corrected chi connectivity index (χ4v) is 2.42. The van der Waals surface area contributed by atoms with Gasteiger partial charge in [-0.1, -0.05) is 19.9 Å². The minimum absolute atomic E-state index is 0.00114. The van der Waals surface area contributed by atoms with Gasteiger partial charge in [-0.05, 0) is 38.1 Å². The fraction of sp³-hybridized carbons (Fsp3) is 0.556. The van der Waals surface area contributed by atoms with E-state index >= 15 is 0 Å². The van der Waals surface area contributed by atoms with E-state index in [9.17, 15) is 9.59 Å². The van der Waals surface area contributed by atoms with Gasteiger partial charge in [-0.2, -0.15) is 0 Å². The van der Waals surface area contributed by atoms with Crippen molar-refractivity contribution in [3.8, 4) is 0 Å². The van der Waals surface area contributed by atoms with Crippen LogP contribution in [-0.2, 0) is 0 Å². The molecule has 0 aromatic heterocycles. The third-order valence-corrected chi connectivity index (χ3v) is 3.67. The summed E-state index contributed by atoms with van der Waals surface area (Å²) in [6.07, 6.45) is 1.86. The van der Waals surface area contributed by atoms with Crippen molar-refractivity contribution in [3.63, 3.8) is 0 Å². The average Bonchev–Trinajstić information content (AvgIpc) is 2.58. The van der Waals surface area contributed by atoms with E-state index < -0.39 is 0 Å². The highest BCUT2D eigenvalue weighted by Crippen LogP contribution is 2.11. The van der Waals surface area contributed by atoms with Crippen LogP contribution in [0.15, 0.2) is 24.3 Å². The number of amides is 2. The Labute approximate surface area is 139 Å². The number of carbonyl (C=O) groups excluding carboxylic acids is 2. The van der Waals surface area contributed by atoms with Crippen LogP contribution in [-0.4, -0.2) is 61.9 Å². The van der Waals surface area contributed by atoms with E-state index in [4.69, 9.17) is 0 Å². The molecule has 1 N–H and O–H groups in total. The normalized spacial score (nSPS) is 10.4. The van der Waals surface area contributed by atoms with Crippen molar-refractivity contribution in [2.45, 2.75) is 26.7 Å². The lowest BCUT2D eigenvalue weighted by Crippen LogP contribution is -2.34. The molecule has 0 saturated heterocycles. The minimum atomic E-state index is -0.0626. The molecule has 0 radical (unpaired) electrons. The van der Waals surface area contributed by atoms with Crippen LogP contribution >= 0.6 is 0 Å². The Morgan fingerprint density at radius 2 is 1.57 bits per heavy atom. The summed E-state index contributed by atoms with van der Waals surface area (Å²) in [6.45, 7) is 6.98. The number of hydrogen-bond acceptors (Lipinski definition) is 3. The molecule has 5 nitrogen and oxygen atoms in total. The second-order valence-electron chi connectivity index (χ2n) is 5.70. The molecule has 0 saturated carbocycles. The third-order valence-electron chi connectivity index (χ3n) is 3.67. The second kappa shape index (κ2) is 10.0. The van der Waals surface area contributed by atoms with E-state index in [0.29, 0.717) is 17.7 Å². The highest BCUT2D eigenvalue weighted by Gasteiger charge is 2.17. The minimum Gasteiger partial charge on any atom is -0.340 e. The van der Waals surface area contributed by atoms with Crippen LogP contribution in [0.4, 0.5) is 0 Å². The Bertz CT molecular complexity index is 511. The molecule has 0 unspecified atom stereocenters.